The summed E-state index contributed by atoms with van der Waals surface area (Å²) in [5.74, 6) is -4.75. The molecule has 8 heteroatoms. The predicted octanol–water partition coefficient (Wildman–Crippen LogP) is 1.58. The number of carbonyl (C=O) groups is 1. The number of nitrogens with two attached hydrogens (primary N) is 1. The van der Waals surface area contributed by atoms with Crippen LogP contribution in [0.25, 0.3) is 0 Å². The van der Waals surface area contributed by atoms with E-state index in [-0.39, 0.29) is 23.7 Å². The summed E-state index contributed by atoms with van der Waals surface area (Å²) in [7, 11) is 1.28. The monoisotopic (exact) mass is 298 g/mol. The molecular weight excluding hydrogens is 285 g/mol. The lowest BCUT2D eigenvalue weighted by molar-refractivity contribution is 0.0118. The van der Waals surface area contributed by atoms with E-state index in [4.69, 9.17) is 5.73 Å². The lowest BCUT2D eigenvalue weighted by Gasteiger charge is -2.14. The van der Waals surface area contributed by atoms with Crippen molar-refractivity contribution in [3.05, 3.63) is 29.6 Å². The Morgan fingerprint density at radius 3 is 2.58 bits per heavy atom. The molecule has 1 amide bonds. The maximum Gasteiger partial charge on any atom is 0.277 e. The topological polar surface area (TPSA) is 64.3 Å². The number of carbonyl (C=O) groups excluding carboxylic acids is 1. The van der Waals surface area contributed by atoms with Gasteiger partial charge in [0.2, 0.25) is 0 Å². The first-order chi connectivity index (χ1) is 8.39. The van der Waals surface area contributed by atoms with Gasteiger partial charge in [-0.3, -0.25) is 4.79 Å². The van der Waals surface area contributed by atoms with E-state index < -0.39 is 30.7 Å². The van der Waals surface area contributed by atoms with Gasteiger partial charge in [-0.05, 0) is 18.2 Å². The number of amides is 1. The lowest BCUT2D eigenvalue weighted by Crippen LogP contribution is -2.41. The number of methoxy groups -OCH3 is 1. The Kier molecular flexibility index (Phi) is 6.64. The number of alkyl halides is 2. The van der Waals surface area contributed by atoms with Gasteiger partial charge in [-0.2, -0.15) is 0 Å². The summed E-state index contributed by atoms with van der Waals surface area (Å²) in [6, 6.07) is 3.43. The van der Waals surface area contributed by atoms with E-state index in [0.29, 0.717) is 0 Å². The largest absolute Gasteiger partial charge is 0.494 e. The van der Waals surface area contributed by atoms with Crippen LogP contribution in [-0.4, -0.2) is 32.0 Å². The summed E-state index contributed by atoms with van der Waals surface area (Å²) < 4.78 is 43.5. The van der Waals surface area contributed by atoms with E-state index in [1.165, 1.54) is 19.2 Å². The fraction of sp³-hybridized carbons (Fsp3) is 0.364. The van der Waals surface area contributed by atoms with Gasteiger partial charge in [0.05, 0.1) is 20.2 Å². The summed E-state index contributed by atoms with van der Waals surface area (Å²) in [5.41, 5.74) is 4.75. The second-order valence-corrected chi connectivity index (χ2v) is 3.59. The summed E-state index contributed by atoms with van der Waals surface area (Å²) in [6.45, 7) is -1.76. The van der Waals surface area contributed by atoms with Gasteiger partial charge in [0.15, 0.2) is 11.6 Å². The van der Waals surface area contributed by atoms with Gasteiger partial charge in [-0.15, -0.1) is 12.4 Å². The second kappa shape index (κ2) is 7.20. The third-order valence-electron chi connectivity index (χ3n) is 2.22. The summed E-state index contributed by atoms with van der Waals surface area (Å²) >= 11 is 0. The molecule has 0 saturated heterocycles. The molecule has 0 aliphatic carbocycles. The van der Waals surface area contributed by atoms with Crippen molar-refractivity contribution in [1.82, 2.24) is 5.32 Å². The van der Waals surface area contributed by atoms with Crippen LogP contribution in [-0.2, 0) is 0 Å². The van der Waals surface area contributed by atoms with Gasteiger partial charge in [0.1, 0.15) is 0 Å². The van der Waals surface area contributed by atoms with Gasteiger partial charge in [-0.1, -0.05) is 0 Å². The molecule has 0 atom stereocenters. The van der Waals surface area contributed by atoms with Crippen LogP contribution in [0.2, 0.25) is 0 Å². The number of benzene rings is 1. The molecule has 1 rings (SSSR count). The first kappa shape index (κ1) is 17.5. The highest BCUT2D eigenvalue weighted by Gasteiger charge is 2.27. The van der Waals surface area contributed by atoms with Crippen molar-refractivity contribution in [3.63, 3.8) is 0 Å². The summed E-state index contributed by atoms with van der Waals surface area (Å²) in [5, 5.41) is 1.98. The molecule has 4 nitrogen and oxygen atoms in total. The van der Waals surface area contributed by atoms with Crippen molar-refractivity contribution in [3.8, 4) is 5.75 Å². The Bertz CT molecular complexity index is 444. The lowest BCUT2D eigenvalue weighted by atomic mass is 10.2. The molecule has 19 heavy (non-hydrogen) atoms. The molecule has 0 saturated carbocycles. The van der Waals surface area contributed by atoms with E-state index in [1.807, 2.05) is 5.32 Å². The first-order valence-corrected chi connectivity index (χ1v) is 5.09. The van der Waals surface area contributed by atoms with Gasteiger partial charge in [0.25, 0.3) is 11.8 Å². The molecular formula is C11H14ClF3N2O2. The Balaban J connectivity index is 0.00000324. The average molecular weight is 299 g/mol. The Labute approximate surface area is 114 Å². The number of nitrogens with one attached hydrogen (secondary N) is 1. The van der Waals surface area contributed by atoms with E-state index in [0.717, 1.165) is 6.07 Å². The first-order valence-electron chi connectivity index (χ1n) is 5.09. The minimum absolute atomic E-state index is 0. The minimum atomic E-state index is -3.18. The molecule has 0 fully saturated rings. The molecule has 0 bridgehead atoms. The molecule has 1 aromatic carbocycles. The van der Waals surface area contributed by atoms with Crippen molar-refractivity contribution in [2.45, 2.75) is 5.92 Å². The van der Waals surface area contributed by atoms with Gasteiger partial charge < -0.3 is 15.8 Å². The molecule has 0 spiro atoms. The van der Waals surface area contributed by atoms with Crippen LogP contribution in [0.3, 0.4) is 0 Å². The van der Waals surface area contributed by atoms with Crippen LogP contribution in [0, 0.1) is 5.82 Å². The fourth-order valence-electron chi connectivity index (χ4n) is 1.19. The minimum Gasteiger partial charge on any atom is -0.494 e. The molecule has 108 valence electrons. The van der Waals surface area contributed by atoms with Crippen LogP contribution in [0.4, 0.5) is 13.2 Å². The van der Waals surface area contributed by atoms with Gasteiger partial charge >= 0.3 is 0 Å². The highest BCUT2D eigenvalue weighted by atomic mass is 35.5. The second-order valence-electron chi connectivity index (χ2n) is 3.59. The molecule has 0 aliphatic rings. The summed E-state index contributed by atoms with van der Waals surface area (Å²) in [4.78, 5) is 11.5. The highest BCUT2D eigenvalue weighted by molar-refractivity contribution is 5.94. The van der Waals surface area contributed by atoms with Crippen LogP contribution >= 0.6 is 12.4 Å². The van der Waals surface area contributed by atoms with Crippen molar-refractivity contribution in [2.24, 2.45) is 5.73 Å². The molecule has 0 radical (unpaired) electrons. The number of hydrogen-bond acceptors (Lipinski definition) is 3. The van der Waals surface area contributed by atoms with Crippen molar-refractivity contribution < 1.29 is 22.7 Å². The normalized spacial score (nSPS) is 10.6. The number of hydrogen-bond donors (Lipinski definition) is 2. The maximum atomic E-state index is 13.3. The quantitative estimate of drug-likeness (QED) is 0.867. The van der Waals surface area contributed by atoms with Crippen molar-refractivity contribution in [2.75, 3.05) is 20.2 Å². The molecule has 0 heterocycles. The molecule has 0 aromatic heterocycles. The number of halogens is 4. The zero-order chi connectivity index (χ0) is 13.8. The number of ether oxygens (including phenoxy) is 1. The van der Waals surface area contributed by atoms with E-state index >= 15 is 0 Å². The molecule has 3 N–H and O–H groups in total. The van der Waals surface area contributed by atoms with E-state index in [2.05, 4.69) is 4.74 Å². The third kappa shape index (κ3) is 4.96. The van der Waals surface area contributed by atoms with Crippen LogP contribution in [0.5, 0.6) is 5.75 Å². The molecule has 0 unspecified atom stereocenters. The SMILES string of the molecule is COc1ccc(C(=O)NCC(F)(F)CN)cc1F.Cl. The third-order valence-corrected chi connectivity index (χ3v) is 2.22. The summed E-state index contributed by atoms with van der Waals surface area (Å²) in [6.07, 6.45) is 0. The van der Waals surface area contributed by atoms with Gasteiger partial charge in [0, 0.05) is 5.56 Å². The number of rotatable bonds is 5. The van der Waals surface area contributed by atoms with Gasteiger partial charge in [-0.25, -0.2) is 13.2 Å². The smallest absolute Gasteiger partial charge is 0.277 e. The van der Waals surface area contributed by atoms with Crippen molar-refractivity contribution in [1.29, 1.82) is 0 Å². The van der Waals surface area contributed by atoms with Crippen LogP contribution in [0.15, 0.2) is 18.2 Å². The predicted molar refractivity (Wildman–Crippen MR) is 66.5 cm³/mol. The Morgan fingerprint density at radius 1 is 1.47 bits per heavy atom. The molecule has 0 aliphatic heterocycles. The Hall–Kier alpha value is -1.47. The Morgan fingerprint density at radius 2 is 2.11 bits per heavy atom. The maximum absolute atomic E-state index is 13.3. The zero-order valence-electron chi connectivity index (χ0n) is 10.1. The average Bonchev–Trinajstić information content (AvgIpc) is 2.36. The fourth-order valence-corrected chi connectivity index (χ4v) is 1.19. The molecule has 1 aromatic rings. The van der Waals surface area contributed by atoms with Crippen LogP contribution in [0.1, 0.15) is 10.4 Å². The standard InChI is InChI=1S/C11H13F3N2O2.ClH/c1-18-9-3-2-7(4-8(9)12)10(17)16-6-11(13,14)5-15;/h2-4H,5-6,15H2,1H3,(H,16,17);1H. The highest BCUT2D eigenvalue weighted by Crippen LogP contribution is 2.17. The zero-order valence-corrected chi connectivity index (χ0v) is 10.9. The van der Waals surface area contributed by atoms with E-state index in [9.17, 15) is 18.0 Å². The van der Waals surface area contributed by atoms with Crippen LogP contribution < -0.4 is 15.8 Å². The van der Waals surface area contributed by atoms with Crippen molar-refractivity contribution >= 4 is 18.3 Å². The van der Waals surface area contributed by atoms with E-state index in [1.54, 1.807) is 0 Å².